The zero-order valence-corrected chi connectivity index (χ0v) is 21.3. The van der Waals surface area contributed by atoms with Gasteiger partial charge in [0.25, 0.3) is 0 Å². The van der Waals surface area contributed by atoms with Crippen molar-refractivity contribution in [2.75, 3.05) is 20.2 Å². The number of piperidine rings is 1. The van der Waals surface area contributed by atoms with Crippen LogP contribution in [0.3, 0.4) is 0 Å². The highest BCUT2D eigenvalue weighted by Crippen LogP contribution is 2.55. The average molecular weight is 452 g/mol. The lowest BCUT2D eigenvalue weighted by Gasteiger charge is -2.60. The van der Waals surface area contributed by atoms with Crippen molar-refractivity contribution in [2.45, 2.75) is 96.2 Å². The summed E-state index contributed by atoms with van der Waals surface area (Å²) in [6.07, 6.45) is 6.10. The minimum atomic E-state index is -0.848. The van der Waals surface area contributed by atoms with Gasteiger partial charge in [0.15, 0.2) is 0 Å². The summed E-state index contributed by atoms with van der Waals surface area (Å²) in [7, 11) is 1.74. The van der Waals surface area contributed by atoms with E-state index in [1.165, 1.54) is 35.2 Å². The molecule has 180 valence electrons. The van der Waals surface area contributed by atoms with Crippen molar-refractivity contribution in [1.82, 2.24) is 14.7 Å². The first-order chi connectivity index (χ1) is 15.7. The Labute approximate surface area is 199 Å². The van der Waals surface area contributed by atoms with E-state index in [9.17, 15) is 5.11 Å². The lowest BCUT2D eigenvalue weighted by molar-refractivity contribution is -0.140. The summed E-state index contributed by atoms with van der Waals surface area (Å²) in [6.45, 7) is 13.2. The van der Waals surface area contributed by atoms with Gasteiger partial charge in [-0.25, -0.2) is 0 Å². The molecule has 1 aromatic carbocycles. The fraction of sp³-hybridized carbons (Fsp3) is 0.679. The van der Waals surface area contributed by atoms with Gasteiger partial charge in [0.1, 0.15) is 5.75 Å². The van der Waals surface area contributed by atoms with E-state index in [1.807, 2.05) is 0 Å². The van der Waals surface area contributed by atoms with E-state index >= 15 is 0 Å². The SMILES string of the molecule is CCc1ccc(OC)cc1[C@]12CCN(CC3CC3)[C@H](C)[C@]1(O)Cc1c(C)nn(C(C)C)c1C2. The lowest BCUT2D eigenvalue weighted by Crippen LogP contribution is -2.71. The molecule has 5 nitrogen and oxygen atoms in total. The lowest BCUT2D eigenvalue weighted by atomic mass is 9.53. The summed E-state index contributed by atoms with van der Waals surface area (Å²) in [4.78, 5) is 2.58. The van der Waals surface area contributed by atoms with Crippen LogP contribution in [0.4, 0.5) is 0 Å². The monoisotopic (exact) mass is 451 g/mol. The first-order valence-electron chi connectivity index (χ1n) is 12.9. The maximum absolute atomic E-state index is 12.9. The fourth-order valence-electron chi connectivity index (χ4n) is 6.82. The average Bonchev–Trinajstić information content (AvgIpc) is 3.57. The zero-order chi connectivity index (χ0) is 23.5. The number of hydrogen-bond donors (Lipinski definition) is 1. The van der Waals surface area contributed by atoms with Crippen LogP contribution in [-0.2, 0) is 24.7 Å². The largest absolute Gasteiger partial charge is 0.497 e. The normalized spacial score (nSPS) is 29.8. The number of benzene rings is 1. The number of rotatable bonds is 6. The van der Waals surface area contributed by atoms with Crippen LogP contribution < -0.4 is 4.74 Å². The summed E-state index contributed by atoms with van der Waals surface area (Å²) >= 11 is 0. The molecule has 2 aliphatic carbocycles. The van der Waals surface area contributed by atoms with Gasteiger partial charge in [-0.15, -0.1) is 0 Å². The van der Waals surface area contributed by atoms with Crippen LogP contribution >= 0.6 is 0 Å². The summed E-state index contributed by atoms with van der Waals surface area (Å²) in [5, 5.41) is 17.8. The van der Waals surface area contributed by atoms with Crippen molar-refractivity contribution in [3.05, 3.63) is 46.3 Å². The van der Waals surface area contributed by atoms with Crippen LogP contribution in [0.2, 0.25) is 0 Å². The van der Waals surface area contributed by atoms with Crippen LogP contribution in [0.1, 0.15) is 81.1 Å². The van der Waals surface area contributed by atoms with Crippen molar-refractivity contribution in [3.63, 3.8) is 0 Å². The summed E-state index contributed by atoms with van der Waals surface area (Å²) in [5.41, 5.74) is 5.08. The highest BCUT2D eigenvalue weighted by molar-refractivity contribution is 5.49. The number of aromatic nitrogens is 2. The Morgan fingerprint density at radius 3 is 2.64 bits per heavy atom. The molecule has 3 aliphatic rings. The molecule has 1 aromatic heterocycles. The molecular weight excluding hydrogens is 410 g/mol. The third kappa shape index (κ3) is 3.46. The van der Waals surface area contributed by atoms with E-state index in [-0.39, 0.29) is 11.5 Å². The molecule has 1 aliphatic heterocycles. The number of nitrogens with zero attached hydrogens (tertiary/aromatic N) is 3. The number of aryl methyl sites for hydroxylation is 2. The number of aliphatic hydroxyl groups is 1. The van der Waals surface area contributed by atoms with Crippen molar-refractivity contribution in [2.24, 2.45) is 5.92 Å². The summed E-state index contributed by atoms with van der Waals surface area (Å²) in [6, 6.07) is 6.91. The Hall–Kier alpha value is -1.85. The molecule has 1 saturated heterocycles. The van der Waals surface area contributed by atoms with E-state index in [0.29, 0.717) is 12.5 Å². The fourth-order valence-corrected chi connectivity index (χ4v) is 6.82. The van der Waals surface area contributed by atoms with E-state index < -0.39 is 5.60 Å². The molecular formula is C28H41N3O2. The smallest absolute Gasteiger partial charge is 0.119 e. The predicted molar refractivity (Wildman–Crippen MR) is 132 cm³/mol. The van der Waals surface area contributed by atoms with Crippen molar-refractivity contribution < 1.29 is 9.84 Å². The van der Waals surface area contributed by atoms with Crippen molar-refractivity contribution in [3.8, 4) is 5.75 Å². The maximum Gasteiger partial charge on any atom is 0.119 e. The molecule has 2 aromatic rings. The minimum absolute atomic E-state index is 0.0951. The van der Waals surface area contributed by atoms with Crippen molar-refractivity contribution >= 4 is 0 Å². The third-order valence-electron chi connectivity index (χ3n) is 9.02. The van der Waals surface area contributed by atoms with Crippen LogP contribution in [0, 0.1) is 12.8 Å². The molecule has 0 bridgehead atoms. The molecule has 0 spiro atoms. The summed E-state index contributed by atoms with van der Waals surface area (Å²) in [5.74, 6) is 1.70. The first kappa shape index (κ1) is 22.9. The molecule has 2 heterocycles. The standard InChI is InChI=1S/C28H41N3O2/c1-7-22-10-11-23(33-6)14-25(22)27-12-13-30(17-21-8-9-21)20(5)28(27,32)15-24-19(4)29-31(18(2)3)26(24)16-27/h10-11,14,18,20-21,32H,7-9,12-13,15-17H2,1-6H3/t20-,27-,28-/m1/s1. The molecule has 2 fully saturated rings. The second-order valence-corrected chi connectivity index (χ2v) is 11.1. The number of hydrogen-bond acceptors (Lipinski definition) is 4. The topological polar surface area (TPSA) is 50.5 Å². The Bertz CT molecular complexity index is 1040. The number of likely N-dealkylation sites (tertiary alicyclic amines) is 1. The highest BCUT2D eigenvalue weighted by atomic mass is 16.5. The van der Waals surface area contributed by atoms with Gasteiger partial charge in [0.05, 0.1) is 18.4 Å². The van der Waals surface area contributed by atoms with Crippen LogP contribution in [0.15, 0.2) is 18.2 Å². The Kier molecular flexibility index (Phi) is 5.64. The Balaban J connectivity index is 1.71. The van der Waals surface area contributed by atoms with E-state index in [4.69, 9.17) is 9.84 Å². The second kappa shape index (κ2) is 8.13. The van der Waals surface area contributed by atoms with E-state index in [2.05, 4.69) is 62.4 Å². The molecule has 1 saturated carbocycles. The summed E-state index contributed by atoms with van der Waals surface area (Å²) < 4.78 is 7.91. The molecule has 0 unspecified atom stereocenters. The molecule has 5 heteroatoms. The van der Waals surface area contributed by atoms with E-state index in [1.54, 1.807) is 7.11 Å². The quantitative estimate of drug-likeness (QED) is 0.697. The molecule has 3 atom stereocenters. The third-order valence-corrected chi connectivity index (χ3v) is 9.02. The number of fused-ring (bicyclic) bond motifs is 2. The second-order valence-electron chi connectivity index (χ2n) is 11.1. The molecule has 0 amide bonds. The van der Waals surface area contributed by atoms with Gasteiger partial charge >= 0.3 is 0 Å². The van der Waals surface area contributed by atoms with Gasteiger partial charge in [-0.2, -0.15) is 5.10 Å². The van der Waals surface area contributed by atoms with Gasteiger partial charge < -0.3 is 9.84 Å². The minimum Gasteiger partial charge on any atom is -0.497 e. The van der Waals surface area contributed by atoms with Crippen LogP contribution in [0.5, 0.6) is 5.75 Å². The maximum atomic E-state index is 12.9. The molecule has 0 radical (unpaired) electrons. The predicted octanol–water partition coefficient (Wildman–Crippen LogP) is 4.62. The van der Waals surface area contributed by atoms with Gasteiger partial charge in [0.2, 0.25) is 0 Å². The van der Waals surface area contributed by atoms with Crippen LogP contribution in [-0.4, -0.2) is 51.6 Å². The van der Waals surface area contributed by atoms with E-state index in [0.717, 1.165) is 49.7 Å². The van der Waals surface area contributed by atoms with Crippen molar-refractivity contribution in [1.29, 1.82) is 0 Å². The number of methoxy groups -OCH3 is 1. The molecule has 1 N–H and O–H groups in total. The Morgan fingerprint density at radius 1 is 1.24 bits per heavy atom. The number of ether oxygens (including phenoxy) is 1. The van der Waals surface area contributed by atoms with Crippen LogP contribution in [0.25, 0.3) is 0 Å². The molecule has 33 heavy (non-hydrogen) atoms. The van der Waals surface area contributed by atoms with Gasteiger partial charge in [-0.1, -0.05) is 13.0 Å². The van der Waals surface area contributed by atoms with Gasteiger partial charge in [0, 0.05) is 42.6 Å². The highest BCUT2D eigenvalue weighted by Gasteiger charge is 2.62. The first-order valence-corrected chi connectivity index (χ1v) is 12.9. The Morgan fingerprint density at radius 2 is 2.00 bits per heavy atom. The zero-order valence-electron chi connectivity index (χ0n) is 21.3. The van der Waals surface area contributed by atoms with Gasteiger partial charge in [-0.05, 0) is 94.7 Å². The molecule has 5 rings (SSSR count). The van der Waals surface area contributed by atoms with Gasteiger partial charge in [-0.3, -0.25) is 9.58 Å².